The minimum absolute atomic E-state index is 0.0844. The van der Waals surface area contributed by atoms with Crippen molar-refractivity contribution >= 4 is 0 Å². The van der Waals surface area contributed by atoms with Crippen molar-refractivity contribution in [2.45, 2.75) is 25.9 Å². The van der Waals surface area contributed by atoms with Crippen molar-refractivity contribution in [3.05, 3.63) is 29.8 Å². The van der Waals surface area contributed by atoms with E-state index in [1.807, 2.05) is 30.3 Å². The number of methoxy groups -OCH3 is 1. The predicted octanol–water partition coefficient (Wildman–Crippen LogP) is 2.10. The summed E-state index contributed by atoms with van der Waals surface area (Å²) in [6, 6.07) is 10.1. The standard InChI is InChI=1S/C14H20N2O2/c1-12(6-8-17-2)16-11-13-4-3-5-14(10-13)18-9-7-15/h3-5,10,12,16H,6,8-9,11H2,1-2H3. The number of nitrogens with one attached hydrogen (secondary N) is 1. The summed E-state index contributed by atoms with van der Waals surface area (Å²) in [4.78, 5) is 0. The predicted molar refractivity (Wildman–Crippen MR) is 70.3 cm³/mol. The van der Waals surface area contributed by atoms with Gasteiger partial charge in [-0.2, -0.15) is 5.26 Å². The van der Waals surface area contributed by atoms with E-state index in [1.54, 1.807) is 7.11 Å². The van der Waals surface area contributed by atoms with Crippen molar-refractivity contribution in [1.82, 2.24) is 5.32 Å². The molecule has 98 valence electrons. The molecule has 0 fully saturated rings. The fraction of sp³-hybridized carbons (Fsp3) is 0.500. The maximum atomic E-state index is 8.46. The molecule has 0 bridgehead atoms. The molecule has 4 heteroatoms. The first-order chi connectivity index (χ1) is 8.76. The van der Waals surface area contributed by atoms with Crippen LogP contribution in [0.4, 0.5) is 0 Å². The lowest BCUT2D eigenvalue weighted by Crippen LogP contribution is -2.26. The first-order valence-electron chi connectivity index (χ1n) is 6.07. The van der Waals surface area contributed by atoms with Gasteiger partial charge in [0.15, 0.2) is 6.61 Å². The minimum atomic E-state index is 0.0844. The second-order valence-electron chi connectivity index (χ2n) is 4.16. The van der Waals surface area contributed by atoms with Crippen LogP contribution in [0.25, 0.3) is 0 Å². The topological polar surface area (TPSA) is 54.3 Å². The summed E-state index contributed by atoms with van der Waals surface area (Å²) in [5.74, 6) is 0.736. The first-order valence-corrected chi connectivity index (χ1v) is 6.07. The van der Waals surface area contributed by atoms with Crippen molar-refractivity contribution in [2.24, 2.45) is 0 Å². The molecule has 1 unspecified atom stereocenters. The number of ether oxygens (including phenoxy) is 2. The number of nitriles is 1. The highest BCUT2D eigenvalue weighted by Gasteiger charge is 2.02. The monoisotopic (exact) mass is 248 g/mol. The van der Waals surface area contributed by atoms with Gasteiger partial charge >= 0.3 is 0 Å². The Hall–Kier alpha value is -1.57. The summed E-state index contributed by atoms with van der Waals surface area (Å²) in [6.07, 6.45) is 0.987. The van der Waals surface area contributed by atoms with Crippen LogP contribution in [0.5, 0.6) is 5.75 Å². The molecule has 1 rings (SSSR count). The van der Waals surface area contributed by atoms with Crippen LogP contribution in [0.1, 0.15) is 18.9 Å². The molecule has 1 aromatic carbocycles. The van der Waals surface area contributed by atoms with Gasteiger partial charge in [0, 0.05) is 26.3 Å². The highest BCUT2D eigenvalue weighted by Crippen LogP contribution is 2.13. The minimum Gasteiger partial charge on any atom is -0.479 e. The fourth-order valence-electron chi connectivity index (χ4n) is 1.55. The lowest BCUT2D eigenvalue weighted by Gasteiger charge is -2.13. The Balaban J connectivity index is 2.40. The van der Waals surface area contributed by atoms with Crippen molar-refractivity contribution < 1.29 is 9.47 Å². The van der Waals surface area contributed by atoms with Gasteiger partial charge in [-0.05, 0) is 31.0 Å². The van der Waals surface area contributed by atoms with E-state index in [1.165, 1.54) is 0 Å². The Labute approximate surface area is 109 Å². The molecule has 0 saturated carbocycles. The highest BCUT2D eigenvalue weighted by molar-refractivity contribution is 5.28. The Morgan fingerprint density at radius 1 is 1.44 bits per heavy atom. The SMILES string of the molecule is COCCC(C)NCc1cccc(OCC#N)c1. The molecule has 1 atom stereocenters. The van der Waals surface area contributed by atoms with Crippen LogP contribution in [-0.2, 0) is 11.3 Å². The zero-order chi connectivity index (χ0) is 13.2. The van der Waals surface area contributed by atoms with Crippen LogP contribution in [0.15, 0.2) is 24.3 Å². The second-order valence-corrected chi connectivity index (χ2v) is 4.16. The Morgan fingerprint density at radius 2 is 2.28 bits per heavy atom. The van der Waals surface area contributed by atoms with Crippen molar-refractivity contribution in [3.63, 3.8) is 0 Å². The molecule has 18 heavy (non-hydrogen) atoms. The van der Waals surface area contributed by atoms with Gasteiger partial charge in [0.2, 0.25) is 0 Å². The molecule has 0 amide bonds. The maximum absolute atomic E-state index is 8.46. The van der Waals surface area contributed by atoms with Crippen LogP contribution in [-0.4, -0.2) is 26.4 Å². The van der Waals surface area contributed by atoms with Gasteiger partial charge in [0.05, 0.1) is 0 Å². The molecule has 0 aliphatic heterocycles. The summed E-state index contributed by atoms with van der Waals surface area (Å²) in [6.45, 7) is 3.77. The number of hydrogen-bond donors (Lipinski definition) is 1. The number of benzene rings is 1. The van der Waals surface area contributed by atoms with Gasteiger partial charge in [-0.1, -0.05) is 12.1 Å². The van der Waals surface area contributed by atoms with Gasteiger partial charge in [-0.3, -0.25) is 0 Å². The summed E-state index contributed by atoms with van der Waals surface area (Å²) >= 11 is 0. The first kappa shape index (κ1) is 14.5. The average molecular weight is 248 g/mol. The lowest BCUT2D eigenvalue weighted by molar-refractivity contribution is 0.184. The Morgan fingerprint density at radius 3 is 3.00 bits per heavy atom. The number of hydrogen-bond acceptors (Lipinski definition) is 4. The molecule has 0 aliphatic rings. The normalized spacial score (nSPS) is 11.8. The van der Waals surface area contributed by atoms with Crippen LogP contribution in [0.3, 0.4) is 0 Å². The van der Waals surface area contributed by atoms with E-state index in [4.69, 9.17) is 14.7 Å². The van der Waals surface area contributed by atoms with E-state index in [9.17, 15) is 0 Å². The molecule has 0 radical (unpaired) electrons. The van der Waals surface area contributed by atoms with Crippen LogP contribution in [0.2, 0.25) is 0 Å². The molecule has 0 aliphatic carbocycles. The van der Waals surface area contributed by atoms with Gasteiger partial charge < -0.3 is 14.8 Å². The lowest BCUT2D eigenvalue weighted by atomic mass is 10.2. The van der Waals surface area contributed by atoms with Gasteiger partial charge in [-0.25, -0.2) is 0 Å². The number of rotatable bonds is 8. The van der Waals surface area contributed by atoms with Crippen LogP contribution >= 0.6 is 0 Å². The third-order valence-corrected chi connectivity index (χ3v) is 2.61. The van der Waals surface area contributed by atoms with Crippen molar-refractivity contribution in [1.29, 1.82) is 5.26 Å². The van der Waals surface area contributed by atoms with Gasteiger partial charge in [0.25, 0.3) is 0 Å². The molecule has 0 saturated heterocycles. The zero-order valence-electron chi connectivity index (χ0n) is 11.0. The second kappa shape index (κ2) is 8.51. The van der Waals surface area contributed by atoms with Crippen molar-refractivity contribution in [2.75, 3.05) is 20.3 Å². The van der Waals surface area contributed by atoms with E-state index in [0.717, 1.165) is 30.9 Å². The van der Waals surface area contributed by atoms with Gasteiger partial charge in [-0.15, -0.1) is 0 Å². The van der Waals surface area contributed by atoms with E-state index in [-0.39, 0.29) is 6.61 Å². The highest BCUT2D eigenvalue weighted by atomic mass is 16.5. The molecular formula is C14H20N2O2. The smallest absolute Gasteiger partial charge is 0.174 e. The van der Waals surface area contributed by atoms with Crippen LogP contribution in [0, 0.1) is 11.3 Å². The molecule has 0 aromatic heterocycles. The average Bonchev–Trinajstić information content (AvgIpc) is 2.41. The molecular weight excluding hydrogens is 228 g/mol. The number of nitrogens with zero attached hydrogens (tertiary/aromatic N) is 1. The summed E-state index contributed by atoms with van der Waals surface area (Å²) in [7, 11) is 1.71. The Kier molecular flexibility index (Phi) is 6.85. The molecule has 1 N–H and O–H groups in total. The molecule has 0 spiro atoms. The molecule has 0 heterocycles. The Bertz CT molecular complexity index is 388. The molecule has 1 aromatic rings. The van der Waals surface area contributed by atoms with E-state index < -0.39 is 0 Å². The van der Waals surface area contributed by atoms with Gasteiger partial charge in [0.1, 0.15) is 11.8 Å². The third kappa shape index (κ3) is 5.67. The quantitative estimate of drug-likeness (QED) is 0.765. The fourth-order valence-corrected chi connectivity index (χ4v) is 1.55. The van der Waals surface area contributed by atoms with E-state index in [0.29, 0.717) is 6.04 Å². The zero-order valence-corrected chi connectivity index (χ0v) is 11.0. The van der Waals surface area contributed by atoms with Crippen LogP contribution < -0.4 is 10.1 Å². The summed E-state index contributed by atoms with van der Waals surface area (Å²) in [5.41, 5.74) is 1.15. The van der Waals surface area contributed by atoms with E-state index in [2.05, 4.69) is 12.2 Å². The summed E-state index contributed by atoms with van der Waals surface area (Å²) in [5, 5.41) is 11.9. The van der Waals surface area contributed by atoms with E-state index >= 15 is 0 Å². The third-order valence-electron chi connectivity index (χ3n) is 2.61. The maximum Gasteiger partial charge on any atom is 0.174 e. The summed E-state index contributed by atoms with van der Waals surface area (Å²) < 4.78 is 10.3. The molecule has 4 nitrogen and oxygen atoms in total. The van der Waals surface area contributed by atoms with Crippen molar-refractivity contribution in [3.8, 4) is 11.8 Å². The largest absolute Gasteiger partial charge is 0.479 e.